The second kappa shape index (κ2) is 2.46. The van der Waals surface area contributed by atoms with Gasteiger partial charge in [0, 0.05) is 0 Å². The van der Waals surface area contributed by atoms with Crippen LogP contribution in [0.1, 0.15) is 46.5 Å². The highest BCUT2D eigenvalue weighted by Gasteiger charge is 2.61. The third-order valence-corrected chi connectivity index (χ3v) is 5.38. The summed E-state index contributed by atoms with van der Waals surface area (Å²) < 4.78 is 0. The van der Waals surface area contributed by atoms with Crippen molar-refractivity contribution in [3.05, 3.63) is 12.2 Å². The Labute approximate surface area is 87.8 Å². The van der Waals surface area contributed by atoms with Gasteiger partial charge in [0.05, 0.1) is 0 Å². The fourth-order valence-electron chi connectivity index (χ4n) is 4.48. The van der Waals surface area contributed by atoms with Crippen molar-refractivity contribution in [3.63, 3.8) is 0 Å². The summed E-state index contributed by atoms with van der Waals surface area (Å²) >= 11 is 0. The monoisotopic (exact) mass is 190 g/mol. The van der Waals surface area contributed by atoms with Crippen molar-refractivity contribution in [1.29, 1.82) is 0 Å². The van der Waals surface area contributed by atoms with Crippen molar-refractivity contribution in [3.8, 4) is 0 Å². The normalized spacial score (nSPS) is 60.4. The van der Waals surface area contributed by atoms with E-state index in [2.05, 4.69) is 32.9 Å². The van der Waals surface area contributed by atoms with Crippen LogP contribution < -0.4 is 0 Å². The first kappa shape index (κ1) is 9.00. The molecule has 0 amide bonds. The minimum absolute atomic E-state index is 0.541. The third kappa shape index (κ3) is 1.00. The molecule has 1 unspecified atom stereocenters. The number of hydrogen-bond acceptors (Lipinski definition) is 0. The molecule has 0 bridgehead atoms. The first-order valence-electron chi connectivity index (χ1n) is 6.24. The predicted octanol–water partition coefficient (Wildman–Crippen LogP) is 4.02. The maximum Gasteiger partial charge on any atom is -0.0110 e. The van der Waals surface area contributed by atoms with Crippen LogP contribution in [-0.4, -0.2) is 0 Å². The van der Waals surface area contributed by atoms with Gasteiger partial charge in [0.25, 0.3) is 0 Å². The molecule has 0 saturated heterocycles. The minimum atomic E-state index is 0.541. The molecule has 14 heavy (non-hydrogen) atoms. The van der Waals surface area contributed by atoms with Crippen molar-refractivity contribution < 1.29 is 0 Å². The Bertz CT molecular complexity index is 290. The number of hydrogen-bond donors (Lipinski definition) is 0. The molecular formula is C14H22. The van der Waals surface area contributed by atoms with E-state index in [4.69, 9.17) is 0 Å². The van der Waals surface area contributed by atoms with Gasteiger partial charge in [-0.1, -0.05) is 39.3 Å². The largest absolute Gasteiger partial charge is 0.0843 e. The molecule has 0 nitrogen and oxygen atoms in total. The van der Waals surface area contributed by atoms with Gasteiger partial charge in [-0.2, -0.15) is 0 Å². The van der Waals surface area contributed by atoms with Gasteiger partial charge in [-0.05, 0) is 47.8 Å². The fourth-order valence-corrected chi connectivity index (χ4v) is 4.48. The number of fused-ring (bicyclic) bond motifs is 3. The molecule has 0 N–H and O–H groups in total. The molecule has 0 radical (unpaired) electrons. The van der Waals surface area contributed by atoms with Crippen LogP contribution in [0, 0.1) is 28.6 Å². The maximum atomic E-state index is 2.56. The lowest BCUT2D eigenvalue weighted by Gasteiger charge is -2.48. The highest BCUT2D eigenvalue weighted by atomic mass is 14.6. The highest BCUT2D eigenvalue weighted by Crippen LogP contribution is 2.69. The van der Waals surface area contributed by atoms with Crippen LogP contribution in [0.4, 0.5) is 0 Å². The summed E-state index contributed by atoms with van der Waals surface area (Å²) in [5, 5.41) is 0. The van der Waals surface area contributed by atoms with Crippen LogP contribution in [-0.2, 0) is 0 Å². The smallest absolute Gasteiger partial charge is 0.0110 e. The van der Waals surface area contributed by atoms with E-state index >= 15 is 0 Å². The molecule has 3 aliphatic rings. The van der Waals surface area contributed by atoms with Crippen LogP contribution in [0.2, 0.25) is 0 Å². The summed E-state index contributed by atoms with van der Waals surface area (Å²) in [6.45, 7) is 7.46. The van der Waals surface area contributed by atoms with Crippen molar-refractivity contribution in [2.75, 3.05) is 0 Å². The number of rotatable bonds is 0. The molecule has 2 saturated carbocycles. The van der Waals surface area contributed by atoms with E-state index < -0.39 is 0 Å². The molecule has 3 aliphatic carbocycles. The van der Waals surface area contributed by atoms with E-state index in [1.807, 2.05) is 0 Å². The molecule has 2 fully saturated rings. The summed E-state index contributed by atoms with van der Waals surface area (Å²) in [7, 11) is 0. The molecule has 0 spiro atoms. The van der Waals surface area contributed by atoms with Crippen LogP contribution in [0.3, 0.4) is 0 Å². The van der Waals surface area contributed by atoms with Gasteiger partial charge >= 0.3 is 0 Å². The SMILES string of the molecule is C[C@@H]1CC[C@@H]2[C@@](C)(C=CC3C[C@]32C)C1. The summed E-state index contributed by atoms with van der Waals surface area (Å²) in [6, 6.07) is 0. The zero-order chi connectivity index (χ0) is 9.97. The predicted molar refractivity (Wildman–Crippen MR) is 60.0 cm³/mol. The van der Waals surface area contributed by atoms with Gasteiger partial charge in [-0.25, -0.2) is 0 Å². The Balaban J connectivity index is 1.96. The lowest BCUT2D eigenvalue weighted by Crippen LogP contribution is -2.39. The van der Waals surface area contributed by atoms with Crippen molar-refractivity contribution in [2.24, 2.45) is 28.6 Å². The molecule has 0 heterocycles. The Morgan fingerprint density at radius 2 is 1.93 bits per heavy atom. The Kier molecular flexibility index (Phi) is 1.58. The Hall–Kier alpha value is -0.260. The van der Waals surface area contributed by atoms with Crippen LogP contribution in [0.5, 0.6) is 0 Å². The van der Waals surface area contributed by atoms with E-state index in [0.29, 0.717) is 10.8 Å². The molecule has 5 atom stereocenters. The molecule has 0 aromatic rings. The first-order chi connectivity index (χ1) is 6.55. The van der Waals surface area contributed by atoms with Crippen LogP contribution in [0.25, 0.3) is 0 Å². The summed E-state index contributed by atoms with van der Waals surface area (Å²) in [6.07, 6.45) is 10.9. The Morgan fingerprint density at radius 3 is 2.71 bits per heavy atom. The Morgan fingerprint density at radius 1 is 1.14 bits per heavy atom. The van der Waals surface area contributed by atoms with Gasteiger partial charge in [-0.15, -0.1) is 0 Å². The second-order valence-electron chi connectivity index (χ2n) is 6.62. The van der Waals surface area contributed by atoms with Gasteiger partial charge in [-0.3, -0.25) is 0 Å². The van der Waals surface area contributed by atoms with Crippen LogP contribution in [0.15, 0.2) is 12.2 Å². The summed E-state index contributed by atoms with van der Waals surface area (Å²) in [5.41, 5.74) is 1.24. The molecule has 0 aromatic carbocycles. The average molecular weight is 190 g/mol. The molecule has 0 heteroatoms. The molecular weight excluding hydrogens is 168 g/mol. The maximum absolute atomic E-state index is 2.56. The van der Waals surface area contributed by atoms with E-state index in [9.17, 15) is 0 Å². The average Bonchev–Trinajstić information content (AvgIpc) is 2.75. The van der Waals surface area contributed by atoms with Crippen molar-refractivity contribution >= 4 is 0 Å². The standard InChI is InChI=1S/C14H22/c1-10-4-5-12-13(2,8-10)7-6-11-9-14(11,12)3/h6-7,10-12H,4-5,8-9H2,1-3H3/t10-,11?,12-,13+,14-/m1/s1. The minimum Gasteiger partial charge on any atom is -0.0843 e. The molecule has 0 aliphatic heterocycles. The van der Waals surface area contributed by atoms with Gasteiger partial charge in [0.15, 0.2) is 0 Å². The van der Waals surface area contributed by atoms with E-state index in [0.717, 1.165) is 17.8 Å². The zero-order valence-electron chi connectivity index (χ0n) is 9.72. The van der Waals surface area contributed by atoms with Gasteiger partial charge < -0.3 is 0 Å². The second-order valence-corrected chi connectivity index (χ2v) is 6.62. The molecule has 0 aromatic heterocycles. The quantitative estimate of drug-likeness (QED) is 0.506. The van der Waals surface area contributed by atoms with E-state index in [1.54, 1.807) is 0 Å². The number of allylic oxidation sites excluding steroid dienone is 2. The first-order valence-corrected chi connectivity index (χ1v) is 6.24. The zero-order valence-corrected chi connectivity index (χ0v) is 9.72. The van der Waals surface area contributed by atoms with Crippen molar-refractivity contribution in [2.45, 2.75) is 46.5 Å². The topological polar surface area (TPSA) is 0 Å². The van der Waals surface area contributed by atoms with E-state index in [1.165, 1.54) is 25.7 Å². The summed E-state index contributed by atoms with van der Waals surface area (Å²) in [4.78, 5) is 0. The summed E-state index contributed by atoms with van der Waals surface area (Å²) in [5.74, 6) is 2.87. The van der Waals surface area contributed by atoms with E-state index in [-0.39, 0.29) is 0 Å². The highest BCUT2D eigenvalue weighted by molar-refractivity contribution is 5.24. The third-order valence-electron chi connectivity index (χ3n) is 5.38. The fraction of sp³-hybridized carbons (Fsp3) is 0.857. The molecule has 78 valence electrons. The molecule has 3 rings (SSSR count). The lowest BCUT2D eigenvalue weighted by atomic mass is 9.57. The van der Waals surface area contributed by atoms with Gasteiger partial charge in [0.1, 0.15) is 0 Å². The van der Waals surface area contributed by atoms with Crippen molar-refractivity contribution in [1.82, 2.24) is 0 Å². The van der Waals surface area contributed by atoms with Gasteiger partial charge in [0.2, 0.25) is 0 Å². The van der Waals surface area contributed by atoms with Crippen LogP contribution >= 0.6 is 0 Å². The lowest BCUT2D eigenvalue weighted by molar-refractivity contribution is 0.0623.